The van der Waals surface area contributed by atoms with Crippen LogP contribution in [0.3, 0.4) is 0 Å². The highest BCUT2D eigenvalue weighted by atomic mass is 19.1. The van der Waals surface area contributed by atoms with Crippen molar-refractivity contribution >= 4 is 23.3 Å². The molecule has 28 heavy (non-hydrogen) atoms. The van der Waals surface area contributed by atoms with E-state index < -0.39 is 23.8 Å². The Morgan fingerprint density at radius 2 is 1.82 bits per heavy atom. The van der Waals surface area contributed by atoms with E-state index in [-0.39, 0.29) is 12.0 Å². The third kappa shape index (κ3) is 5.29. The maximum absolute atomic E-state index is 13.6. The van der Waals surface area contributed by atoms with Gasteiger partial charge in [0.2, 0.25) is 0 Å². The predicted octanol–water partition coefficient (Wildman–Crippen LogP) is 2.78. The van der Waals surface area contributed by atoms with Crippen LogP contribution >= 0.6 is 0 Å². The number of anilines is 2. The van der Waals surface area contributed by atoms with E-state index in [0.29, 0.717) is 18.9 Å². The summed E-state index contributed by atoms with van der Waals surface area (Å²) in [6.07, 6.45) is -1.21. The number of nitrogens with one attached hydrogen (secondary N) is 1. The van der Waals surface area contributed by atoms with Gasteiger partial charge in [0.15, 0.2) is 6.10 Å². The average Bonchev–Trinajstić information content (AvgIpc) is 2.71. The summed E-state index contributed by atoms with van der Waals surface area (Å²) < 4.78 is 24.1. The summed E-state index contributed by atoms with van der Waals surface area (Å²) in [5.41, 5.74) is 1.91. The second-order valence-corrected chi connectivity index (χ2v) is 6.54. The number of amides is 1. The van der Waals surface area contributed by atoms with Gasteiger partial charge in [0.1, 0.15) is 5.82 Å². The fraction of sp³-hybridized carbons (Fsp3) is 0.333. The SMILES string of the molecule is C[C@H](OC(=O)Cc1ccccc1F)C(=O)Nc1ccc(N2CCOCC2)cc1. The minimum absolute atomic E-state index is 0.224. The molecular formula is C21H23FN2O4. The molecule has 1 aliphatic heterocycles. The average molecular weight is 386 g/mol. The standard InChI is InChI=1S/C21H23FN2O4/c1-15(28-20(25)14-16-4-2-3-5-19(16)22)21(26)23-17-6-8-18(9-7-17)24-10-12-27-13-11-24/h2-9,15H,10-14H2,1H3,(H,23,26)/t15-/m0/s1. The first-order chi connectivity index (χ1) is 13.5. The zero-order valence-corrected chi connectivity index (χ0v) is 15.7. The number of hydrogen-bond acceptors (Lipinski definition) is 5. The smallest absolute Gasteiger partial charge is 0.311 e. The molecule has 2 aromatic carbocycles. The van der Waals surface area contributed by atoms with Gasteiger partial charge in [-0.1, -0.05) is 18.2 Å². The lowest BCUT2D eigenvalue weighted by Gasteiger charge is -2.28. The first-order valence-corrected chi connectivity index (χ1v) is 9.19. The fourth-order valence-corrected chi connectivity index (χ4v) is 2.91. The van der Waals surface area contributed by atoms with Gasteiger partial charge in [0.25, 0.3) is 5.91 Å². The summed E-state index contributed by atoms with van der Waals surface area (Å²) >= 11 is 0. The highest BCUT2D eigenvalue weighted by molar-refractivity contribution is 5.95. The van der Waals surface area contributed by atoms with E-state index in [2.05, 4.69) is 10.2 Å². The van der Waals surface area contributed by atoms with Crippen LogP contribution in [0.15, 0.2) is 48.5 Å². The molecule has 0 radical (unpaired) electrons. The van der Waals surface area contributed by atoms with Crippen LogP contribution in [-0.4, -0.2) is 44.3 Å². The molecule has 1 amide bonds. The number of halogens is 1. The van der Waals surface area contributed by atoms with Crippen molar-refractivity contribution in [2.24, 2.45) is 0 Å². The topological polar surface area (TPSA) is 67.9 Å². The second kappa shape index (κ2) is 9.32. The van der Waals surface area contributed by atoms with Gasteiger partial charge >= 0.3 is 5.97 Å². The lowest BCUT2D eigenvalue weighted by molar-refractivity contribution is -0.152. The van der Waals surface area contributed by atoms with Crippen LogP contribution in [0.4, 0.5) is 15.8 Å². The number of benzene rings is 2. The Balaban J connectivity index is 1.50. The van der Waals surface area contributed by atoms with Gasteiger partial charge < -0.3 is 19.7 Å². The molecule has 6 nitrogen and oxygen atoms in total. The maximum Gasteiger partial charge on any atom is 0.311 e. The Bertz CT molecular complexity index is 819. The van der Waals surface area contributed by atoms with Crippen LogP contribution in [-0.2, 0) is 25.5 Å². The predicted molar refractivity (Wildman–Crippen MR) is 104 cm³/mol. The van der Waals surface area contributed by atoms with Crippen molar-refractivity contribution in [2.75, 3.05) is 36.5 Å². The monoisotopic (exact) mass is 386 g/mol. The van der Waals surface area contributed by atoms with E-state index in [1.807, 2.05) is 12.1 Å². The van der Waals surface area contributed by atoms with E-state index in [1.165, 1.54) is 19.1 Å². The van der Waals surface area contributed by atoms with Crippen molar-refractivity contribution in [2.45, 2.75) is 19.4 Å². The molecule has 0 spiro atoms. The van der Waals surface area contributed by atoms with Gasteiger partial charge in [-0.3, -0.25) is 9.59 Å². The molecule has 0 unspecified atom stereocenters. The van der Waals surface area contributed by atoms with Crippen molar-refractivity contribution in [3.63, 3.8) is 0 Å². The Morgan fingerprint density at radius 3 is 2.50 bits per heavy atom. The summed E-state index contributed by atoms with van der Waals surface area (Å²) in [4.78, 5) is 26.4. The van der Waals surface area contributed by atoms with Crippen LogP contribution < -0.4 is 10.2 Å². The molecule has 2 aromatic rings. The molecule has 148 valence electrons. The maximum atomic E-state index is 13.6. The van der Waals surface area contributed by atoms with Crippen LogP contribution in [0.25, 0.3) is 0 Å². The molecule has 1 heterocycles. The molecule has 1 aliphatic rings. The molecular weight excluding hydrogens is 363 g/mol. The first-order valence-electron chi connectivity index (χ1n) is 9.19. The van der Waals surface area contributed by atoms with Crippen LogP contribution in [0, 0.1) is 5.82 Å². The number of rotatable bonds is 6. The lowest BCUT2D eigenvalue weighted by Crippen LogP contribution is -2.36. The summed E-state index contributed by atoms with van der Waals surface area (Å²) in [6.45, 7) is 4.56. The molecule has 0 bridgehead atoms. The van der Waals surface area contributed by atoms with Crippen molar-refractivity contribution in [3.8, 4) is 0 Å². The number of morpholine rings is 1. The first kappa shape index (κ1) is 19.8. The van der Waals surface area contributed by atoms with Gasteiger partial charge in [-0.25, -0.2) is 4.39 Å². The van der Waals surface area contributed by atoms with Crippen molar-refractivity contribution in [1.82, 2.24) is 0 Å². The van der Waals surface area contributed by atoms with Gasteiger partial charge in [0.05, 0.1) is 19.6 Å². The Hall–Kier alpha value is -2.93. The number of hydrogen-bond donors (Lipinski definition) is 1. The van der Waals surface area contributed by atoms with E-state index >= 15 is 0 Å². The van der Waals surface area contributed by atoms with E-state index in [9.17, 15) is 14.0 Å². The van der Waals surface area contributed by atoms with Gasteiger partial charge in [0, 0.05) is 24.5 Å². The highest BCUT2D eigenvalue weighted by Gasteiger charge is 2.19. The third-order valence-electron chi connectivity index (χ3n) is 4.48. The van der Waals surface area contributed by atoms with Crippen molar-refractivity contribution < 1.29 is 23.5 Å². The molecule has 0 saturated carbocycles. The van der Waals surface area contributed by atoms with E-state index in [0.717, 1.165) is 18.8 Å². The van der Waals surface area contributed by atoms with Crippen LogP contribution in [0.1, 0.15) is 12.5 Å². The number of carbonyl (C=O) groups is 2. The summed E-state index contributed by atoms with van der Waals surface area (Å²) in [7, 11) is 0. The molecule has 1 fully saturated rings. The lowest BCUT2D eigenvalue weighted by atomic mass is 10.1. The Morgan fingerprint density at radius 1 is 1.14 bits per heavy atom. The van der Waals surface area contributed by atoms with E-state index in [1.54, 1.807) is 24.3 Å². The molecule has 3 rings (SSSR count). The minimum atomic E-state index is -0.988. The summed E-state index contributed by atoms with van der Waals surface area (Å²) in [6, 6.07) is 13.4. The number of carbonyl (C=O) groups excluding carboxylic acids is 2. The minimum Gasteiger partial charge on any atom is -0.452 e. The number of esters is 1. The molecule has 0 aliphatic carbocycles. The summed E-state index contributed by atoms with van der Waals surface area (Å²) in [5, 5.41) is 2.72. The summed E-state index contributed by atoms with van der Waals surface area (Å²) in [5.74, 6) is -1.58. The largest absolute Gasteiger partial charge is 0.452 e. The van der Waals surface area contributed by atoms with Gasteiger partial charge in [-0.15, -0.1) is 0 Å². The number of nitrogens with zero attached hydrogens (tertiary/aromatic N) is 1. The normalized spacial score (nSPS) is 15.0. The van der Waals surface area contributed by atoms with Crippen LogP contribution in [0.2, 0.25) is 0 Å². The van der Waals surface area contributed by atoms with Crippen molar-refractivity contribution in [3.05, 3.63) is 59.9 Å². The second-order valence-electron chi connectivity index (χ2n) is 6.54. The quantitative estimate of drug-likeness (QED) is 0.774. The Kier molecular flexibility index (Phi) is 6.60. The number of ether oxygens (including phenoxy) is 2. The van der Waals surface area contributed by atoms with Gasteiger partial charge in [-0.05, 0) is 42.8 Å². The molecule has 1 atom stereocenters. The van der Waals surface area contributed by atoms with Crippen LogP contribution in [0.5, 0.6) is 0 Å². The fourth-order valence-electron chi connectivity index (χ4n) is 2.91. The molecule has 1 N–H and O–H groups in total. The molecule has 1 saturated heterocycles. The molecule has 0 aromatic heterocycles. The molecule has 7 heteroatoms. The van der Waals surface area contributed by atoms with E-state index in [4.69, 9.17) is 9.47 Å². The third-order valence-corrected chi connectivity index (χ3v) is 4.48. The van der Waals surface area contributed by atoms with Crippen molar-refractivity contribution in [1.29, 1.82) is 0 Å². The zero-order valence-electron chi connectivity index (χ0n) is 15.7. The zero-order chi connectivity index (χ0) is 19.9. The Labute approximate surface area is 163 Å². The van der Waals surface area contributed by atoms with Gasteiger partial charge in [-0.2, -0.15) is 0 Å². The highest BCUT2D eigenvalue weighted by Crippen LogP contribution is 2.19.